The smallest absolute Gasteiger partial charge is 1.00 e. The van der Waals surface area contributed by atoms with Crippen LogP contribution in [0.25, 0.3) is 0 Å². The van der Waals surface area contributed by atoms with Gasteiger partial charge in [0.2, 0.25) is 0 Å². The van der Waals surface area contributed by atoms with E-state index in [1.165, 1.54) is 0 Å². The Labute approximate surface area is 228 Å². The summed E-state index contributed by atoms with van der Waals surface area (Å²) in [6, 6.07) is 0. The van der Waals surface area contributed by atoms with Crippen molar-refractivity contribution in [3.05, 3.63) is 0 Å². The van der Waals surface area contributed by atoms with Gasteiger partial charge in [-0.05, 0) is 0 Å². The standard InChI is InChI=1S/Ca.Fe.K.Mg.Na.Sr.Zn.8H/q+2;;+1;+2;+1;+2;;8*-1. The molecular weight excluding hydrogens is 335 g/mol. The van der Waals surface area contributed by atoms with Crippen LogP contribution < -0.4 is 80.9 Å². The summed E-state index contributed by atoms with van der Waals surface area (Å²) in [5, 5.41) is 0. The fourth-order valence-electron chi connectivity index (χ4n) is 0. The molecule has 0 saturated heterocycles. The molecule has 0 amide bonds. The third kappa shape index (κ3) is 31.9. The fraction of sp³-hybridized carbons (Fsp3) is 0. The summed E-state index contributed by atoms with van der Waals surface area (Å²) < 4.78 is 0. The zero-order valence-corrected chi connectivity index (χ0v) is 21.5. The van der Waals surface area contributed by atoms with E-state index in [1.807, 2.05) is 0 Å². The van der Waals surface area contributed by atoms with Crippen molar-refractivity contribution >= 4 is 106 Å². The van der Waals surface area contributed by atoms with Gasteiger partial charge in [0.25, 0.3) is 0 Å². The van der Waals surface area contributed by atoms with Gasteiger partial charge < -0.3 is 11.4 Å². The van der Waals surface area contributed by atoms with Crippen LogP contribution in [-0.4, -0.2) is 106 Å². The normalized spacial score (nSPS) is 0. The van der Waals surface area contributed by atoms with E-state index in [0.717, 1.165) is 0 Å². The van der Waals surface area contributed by atoms with Gasteiger partial charge in [-0.2, -0.15) is 0 Å². The van der Waals surface area contributed by atoms with E-state index in [1.54, 1.807) is 0 Å². The summed E-state index contributed by atoms with van der Waals surface area (Å²) >= 11 is 0. The van der Waals surface area contributed by atoms with E-state index in [-0.39, 0.29) is 235 Å². The van der Waals surface area contributed by atoms with Crippen molar-refractivity contribution in [3.63, 3.8) is 0 Å². The van der Waals surface area contributed by atoms with Crippen LogP contribution in [0.3, 0.4) is 0 Å². The van der Waals surface area contributed by atoms with Gasteiger partial charge in [0.1, 0.15) is 0 Å². The Morgan fingerprint density at radius 1 is 1.14 bits per heavy atom. The van der Waals surface area contributed by atoms with Gasteiger partial charge in [-0.15, -0.1) is 0 Å². The average molecular weight is 343 g/mol. The molecule has 0 unspecified atom stereocenters. The minimum atomic E-state index is 0. The molecule has 0 aromatic heterocycles. The van der Waals surface area contributed by atoms with Gasteiger partial charge in [0, 0.05) is 36.5 Å². The molecule has 0 nitrogen and oxygen atoms in total. The Morgan fingerprint density at radius 2 is 1.14 bits per heavy atom. The van der Waals surface area contributed by atoms with Crippen molar-refractivity contribution in [2.75, 3.05) is 0 Å². The Hall–Kier alpha value is 7.29. The first-order chi connectivity index (χ1) is 0. The zero-order chi connectivity index (χ0) is 0. The van der Waals surface area contributed by atoms with Crippen LogP contribution in [0.4, 0.5) is 0 Å². The van der Waals surface area contributed by atoms with E-state index >= 15 is 0 Å². The van der Waals surface area contributed by atoms with Gasteiger partial charge >= 0.3 is 187 Å². The van der Waals surface area contributed by atoms with Gasteiger partial charge in [0.05, 0.1) is 0 Å². The second-order valence-electron chi connectivity index (χ2n) is 0. The third-order valence-corrected chi connectivity index (χ3v) is 0. The van der Waals surface area contributed by atoms with E-state index in [4.69, 9.17) is 0 Å². The molecule has 0 aliphatic carbocycles. The summed E-state index contributed by atoms with van der Waals surface area (Å²) in [5.41, 5.74) is 0. The van der Waals surface area contributed by atoms with Crippen LogP contribution in [-0.2, 0) is 36.5 Å². The molecule has 0 spiro atoms. The molecule has 7 heteroatoms. The van der Waals surface area contributed by atoms with E-state index in [2.05, 4.69) is 0 Å². The van der Waals surface area contributed by atoms with E-state index in [9.17, 15) is 0 Å². The first-order valence-corrected chi connectivity index (χ1v) is 0. The molecule has 0 atom stereocenters. The largest absolute Gasteiger partial charge is 2.00 e. The van der Waals surface area contributed by atoms with Crippen LogP contribution in [0.5, 0.6) is 0 Å². The first-order valence-electron chi connectivity index (χ1n) is 0. The number of rotatable bonds is 0. The second-order valence-corrected chi connectivity index (χ2v) is 0. The maximum atomic E-state index is 0. The van der Waals surface area contributed by atoms with E-state index < -0.39 is 0 Å². The molecule has 0 bridgehead atoms. The molecule has 0 aromatic rings. The Kier molecular flexibility index (Phi) is 256. The molecular formula is H8CaFeKMgNaSrZn. The number of hydrogen-bond donors (Lipinski definition) is 0. The molecule has 0 aliphatic heterocycles. The first kappa shape index (κ1) is 47.5. The molecule has 26 valence electrons. The monoisotopic (exact) mass is 342 g/mol. The minimum absolute atomic E-state index is 0. The van der Waals surface area contributed by atoms with Crippen molar-refractivity contribution < 1.29 is 129 Å². The second kappa shape index (κ2) is 37.8. The molecule has 0 aliphatic rings. The predicted octanol–water partition coefficient (Wildman–Crippen LogP) is -6.24. The van der Waals surface area contributed by atoms with Gasteiger partial charge in [0.15, 0.2) is 0 Å². The molecule has 0 N–H and O–H groups in total. The summed E-state index contributed by atoms with van der Waals surface area (Å²) in [6.45, 7) is 0. The molecule has 7 heavy (non-hydrogen) atoms. The number of hydrogen-bond acceptors (Lipinski definition) is 0. The van der Waals surface area contributed by atoms with Crippen LogP contribution >= 0.6 is 0 Å². The van der Waals surface area contributed by atoms with Crippen LogP contribution in [0.2, 0.25) is 0 Å². The predicted molar refractivity (Wildman–Crippen MR) is 26.2 cm³/mol. The maximum absolute atomic E-state index is 0. The molecule has 0 fully saturated rings. The molecule has 0 radical (unpaired) electrons. The third-order valence-electron chi connectivity index (χ3n) is 0. The zero-order valence-electron chi connectivity index (χ0n) is 13.2. The van der Waals surface area contributed by atoms with Crippen LogP contribution in [0, 0.1) is 0 Å². The minimum Gasteiger partial charge on any atom is -1.00 e. The van der Waals surface area contributed by atoms with E-state index in [0.29, 0.717) is 0 Å². The average Bonchev–Trinajstić information content (AvgIpc) is 0. The van der Waals surface area contributed by atoms with Crippen molar-refractivity contribution in [1.29, 1.82) is 0 Å². The van der Waals surface area contributed by atoms with Crippen molar-refractivity contribution in [2.45, 2.75) is 0 Å². The Morgan fingerprint density at radius 3 is 1.14 bits per heavy atom. The summed E-state index contributed by atoms with van der Waals surface area (Å²) in [6.07, 6.45) is 0. The van der Waals surface area contributed by atoms with Gasteiger partial charge in [-0.3, -0.25) is 0 Å². The van der Waals surface area contributed by atoms with Crippen molar-refractivity contribution in [3.8, 4) is 0 Å². The topological polar surface area (TPSA) is 0 Å². The van der Waals surface area contributed by atoms with Crippen molar-refractivity contribution in [2.24, 2.45) is 0 Å². The molecule has 0 rings (SSSR count). The summed E-state index contributed by atoms with van der Waals surface area (Å²) in [7, 11) is 0. The summed E-state index contributed by atoms with van der Waals surface area (Å²) in [4.78, 5) is 0. The van der Waals surface area contributed by atoms with Crippen LogP contribution in [0.1, 0.15) is 11.4 Å². The van der Waals surface area contributed by atoms with Crippen LogP contribution in [0.15, 0.2) is 0 Å². The Bertz CT molecular complexity index is 34.6. The molecule has 0 saturated carbocycles. The SMILES string of the molecule is [Ca+2].[Fe].[H-].[H-].[H-].[H-].[H-].[H-].[H-].[H-].[K+].[Mg+2].[Na+].[Sr+2].[Zn]. The van der Waals surface area contributed by atoms with Crippen molar-refractivity contribution in [1.82, 2.24) is 0 Å². The molecule has 0 aromatic carbocycles. The molecule has 0 heterocycles. The maximum Gasteiger partial charge on any atom is 2.00 e. The Balaban J connectivity index is 0. The van der Waals surface area contributed by atoms with Gasteiger partial charge in [-0.1, -0.05) is 0 Å². The summed E-state index contributed by atoms with van der Waals surface area (Å²) in [5.74, 6) is 0. The quantitative estimate of drug-likeness (QED) is 0.384. The fourth-order valence-corrected chi connectivity index (χ4v) is 0. The van der Waals surface area contributed by atoms with Gasteiger partial charge in [-0.25, -0.2) is 0 Å².